The highest BCUT2D eigenvalue weighted by atomic mass is 35.5. The van der Waals surface area contributed by atoms with Crippen molar-refractivity contribution in [3.05, 3.63) is 47.5 Å². The van der Waals surface area contributed by atoms with Gasteiger partial charge in [-0.3, -0.25) is 14.3 Å². The molecule has 1 atom stereocenters. The van der Waals surface area contributed by atoms with Crippen molar-refractivity contribution in [2.45, 2.75) is 29.1 Å². The third-order valence-electron chi connectivity index (χ3n) is 5.31. The number of hydrogen-bond donors (Lipinski definition) is 2. The molecule has 2 aromatic rings. The average Bonchev–Trinajstić information content (AvgIpc) is 3.23. The van der Waals surface area contributed by atoms with Crippen molar-refractivity contribution in [2.75, 3.05) is 28.9 Å². The number of thioether (sulfide) groups is 1. The van der Waals surface area contributed by atoms with Crippen LogP contribution in [-0.2, 0) is 19.6 Å². The average molecular weight is 480 g/mol. The van der Waals surface area contributed by atoms with Crippen LogP contribution in [0, 0.1) is 5.92 Å². The third-order valence-corrected chi connectivity index (χ3v) is 8.17. The van der Waals surface area contributed by atoms with E-state index >= 15 is 0 Å². The Labute approximate surface area is 190 Å². The summed E-state index contributed by atoms with van der Waals surface area (Å²) >= 11 is 7.29. The number of benzene rings is 2. The van der Waals surface area contributed by atoms with E-state index in [1.807, 2.05) is 4.90 Å². The molecule has 7 nitrogen and oxygen atoms in total. The van der Waals surface area contributed by atoms with Crippen LogP contribution < -0.4 is 10.0 Å². The lowest BCUT2D eigenvalue weighted by molar-refractivity contribution is -0.133. The van der Waals surface area contributed by atoms with Crippen LogP contribution in [0.15, 0.2) is 52.3 Å². The monoisotopic (exact) mass is 479 g/mol. The van der Waals surface area contributed by atoms with Gasteiger partial charge in [-0.05, 0) is 55.3 Å². The summed E-state index contributed by atoms with van der Waals surface area (Å²) in [4.78, 5) is 27.8. The molecule has 31 heavy (non-hydrogen) atoms. The van der Waals surface area contributed by atoms with E-state index in [0.717, 1.165) is 30.8 Å². The zero-order valence-electron chi connectivity index (χ0n) is 16.6. The number of hydrogen-bond acceptors (Lipinski definition) is 5. The lowest BCUT2D eigenvalue weighted by Crippen LogP contribution is -2.33. The topological polar surface area (TPSA) is 95.6 Å². The van der Waals surface area contributed by atoms with Gasteiger partial charge in [0.25, 0.3) is 10.0 Å². The van der Waals surface area contributed by atoms with Crippen LogP contribution in [0.2, 0.25) is 5.02 Å². The molecule has 1 fully saturated rings. The van der Waals surface area contributed by atoms with Gasteiger partial charge in [-0.15, -0.1) is 11.8 Å². The predicted molar refractivity (Wildman–Crippen MR) is 122 cm³/mol. The highest BCUT2D eigenvalue weighted by Gasteiger charge is 2.30. The van der Waals surface area contributed by atoms with Crippen LogP contribution in [0.1, 0.15) is 19.3 Å². The zero-order valence-corrected chi connectivity index (χ0v) is 19.0. The second kappa shape index (κ2) is 9.10. The van der Waals surface area contributed by atoms with E-state index in [9.17, 15) is 18.0 Å². The van der Waals surface area contributed by atoms with Gasteiger partial charge in [-0.25, -0.2) is 8.42 Å². The van der Waals surface area contributed by atoms with E-state index in [1.165, 1.54) is 23.9 Å². The van der Waals surface area contributed by atoms with Gasteiger partial charge in [0.05, 0.1) is 16.5 Å². The molecule has 2 amide bonds. The minimum absolute atomic E-state index is 0.000336. The van der Waals surface area contributed by atoms with Crippen LogP contribution in [0.3, 0.4) is 0 Å². The largest absolute Gasteiger partial charge is 0.343 e. The fourth-order valence-electron chi connectivity index (χ4n) is 3.59. The van der Waals surface area contributed by atoms with E-state index in [-0.39, 0.29) is 23.1 Å². The quantitative estimate of drug-likeness (QED) is 0.679. The highest BCUT2D eigenvalue weighted by Crippen LogP contribution is 2.35. The highest BCUT2D eigenvalue weighted by molar-refractivity contribution is 7.99. The van der Waals surface area contributed by atoms with Gasteiger partial charge in [-0.1, -0.05) is 11.6 Å². The minimum atomic E-state index is -3.85. The number of nitrogens with zero attached hydrogens (tertiary/aromatic N) is 1. The van der Waals surface area contributed by atoms with E-state index in [1.54, 1.807) is 30.3 Å². The fourth-order valence-corrected chi connectivity index (χ4v) is 5.88. The molecule has 2 heterocycles. The van der Waals surface area contributed by atoms with Gasteiger partial charge in [0, 0.05) is 40.9 Å². The Kier molecular flexibility index (Phi) is 6.45. The van der Waals surface area contributed by atoms with Crippen molar-refractivity contribution < 1.29 is 18.0 Å². The first kappa shape index (κ1) is 22.0. The third kappa shape index (κ3) is 5.16. The number of sulfonamides is 1. The van der Waals surface area contributed by atoms with Crippen molar-refractivity contribution in [1.29, 1.82) is 0 Å². The van der Waals surface area contributed by atoms with Crippen LogP contribution >= 0.6 is 23.4 Å². The Morgan fingerprint density at radius 1 is 1.16 bits per heavy atom. The van der Waals surface area contributed by atoms with Gasteiger partial charge in [0.1, 0.15) is 0 Å². The molecule has 2 aliphatic rings. The second-order valence-corrected chi connectivity index (χ2v) is 10.7. The molecule has 164 valence electrons. The zero-order chi connectivity index (χ0) is 22.0. The number of halogens is 1. The number of amides is 2. The molecule has 0 bridgehead atoms. The number of rotatable bonds is 5. The first-order valence-electron chi connectivity index (χ1n) is 9.96. The maximum Gasteiger partial charge on any atom is 0.261 e. The van der Waals surface area contributed by atoms with E-state index in [4.69, 9.17) is 11.6 Å². The number of anilines is 2. The summed E-state index contributed by atoms with van der Waals surface area (Å²) in [6, 6.07) is 11.0. The van der Waals surface area contributed by atoms with Gasteiger partial charge < -0.3 is 10.2 Å². The maximum absolute atomic E-state index is 12.8. The molecule has 0 spiro atoms. The minimum Gasteiger partial charge on any atom is -0.343 e. The van der Waals surface area contributed by atoms with Crippen molar-refractivity contribution >= 4 is 56.6 Å². The molecule has 10 heteroatoms. The maximum atomic E-state index is 12.8. The number of nitrogens with one attached hydrogen (secondary N) is 2. The molecular formula is C21H22ClN3O4S2. The van der Waals surface area contributed by atoms with Crippen molar-refractivity contribution in [3.63, 3.8) is 0 Å². The summed E-state index contributed by atoms with van der Waals surface area (Å²) in [5, 5.41) is 3.32. The molecule has 0 unspecified atom stereocenters. The molecule has 0 aromatic heterocycles. The summed E-state index contributed by atoms with van der Waals surface area (Å²) in [6.07, 6.45) is 2.17. The summed E-state index contributed by atoms with van der Waals surface area (Å²) in [5.41, 5.74) is 0.823. The van der Waals surface area contributed by atoms with Crippen molar-refractivity contribution in [1.82, 2.24) is 4.90 Å². The Bertz CT molecular complexity index is 1100. The van der Waals surface area contributed by atoms with Crippen LogP contribution in [0.4, 0.5) is 11.4 Å². The van der Waals surface area contributed by atoms with Crippen LogP contribution in [0.5, 0.6) is 0 Å². The van der Waals surface area contributed by atoms with Gasteiger partial charge in [0.15, 0.2) is 0 Å². The first-order chi connectivity index (χ1) is 14.8. The lowest BCUT2D eigenvalue weighted by Gasteiger charge is -2.18. The number of carbonyl (C=O) groups is 2. The molecule has 4 rings (SSSR count). The lowest BCUT2D eigenvalue weighted by atomic mass is 10.1. The van der Waals surface area contributed by atoms with Crippen LogP contribution in [0.25, 0.3) is 0 Å². The normalized spacial score (nSPS) is 18.8. The summed E-state index contributed by atoms with van der Waals surface area (Å²) in [6.45, 7) is 1.50. The Hall–Kier alpha value is -2.23. The molecule has 2 aromatic carbocycles. The van der Waals surface area contributed by atoms with Gasteiger partial charge in [0.2, 0.25) is 11.8 Å². The first-order valence-corrected chi connectivity index (χ1v) is 12.8. The van der Waals surface area contributed by atoms with Gasteiger partial charge in [-0.2, -0.15) is 0 Å². The van der Waals surface area contributed by atoms with Crippen molar-refractivity contribution in [3.8, 4) is 0 Å². The molecule has 2 aliphatic heterocycles. The summed E-state index contributed by atoms with van der Waals surface area (Å²) in [7, 11) is -3.85. The number of carbonyl (C=O) groups excluding carboxylic acids is 2. The van der Waals surface area contributed by atoms with E-state index in [2.05, 4.69) is 10.0 Å². The van der Waals surface area contributed by atoms with Crippen molar-refractivity contribution in [2.24, 2.45) is 5.92 Å². The van der Waals surface area contributed by atoms with Gasteiger partial charge >= 0.3 is 0 Å². The van der Waals surface area contributed by atoms with E-state index < -0.39 is 15.9 Å². The second-order valence-electron chi connectivity index (χ2n) is 7.56. The Balaban J connectivity index is 1.49. The SMILES string of the molecule is O=C1Nc2cc(S(=O)(=O)Nc3ccc(Cl)cc3)ccc2SC[C@H]1CC(=O)N1CCCC1. The fraction of sp³-hybridized carbons (Fsp3) is 0.333. The van der Waals surface area contributed by atoms with E-state index in [0.29, 0.717) is 22.2 Å². The standard InChI is InChI=1S/C21H22ClN3O4S2/c22-15-3-5-16(6-4-15)24-31(28,29)17-7-8-19-18(12-17)23-21(27)14(13-30-19)11-20(26)25-9-1-2-10-25/h3-8,12,14,24H,1-2,9-11,13H2,(H,23,27)/t14-/m1/s1. The molecule has 0 aliphatic carbocycles. The summed E-state index contributed by atoms with van der Waals surface area (Å²) < 4.78 is 28.1. The Morgan fingerprint density at radius 2 is 1.87 bits per heavy atom. The predicted octanol–water partition coefficient (Wildman–Crippen LogP) is 3.81. The smallest absolute Gasteiger partial charge is 0.261 e. The Morgan fingerprint density at radius 3 is 2.58 bits per heavy atom. The molecule has 2 N–H and O–H groups in total. The summed E-state index contributed by atoms with van der Waals surface area (Å²) in [5.74, 6) is -0.260. The molecule has 0 radical (unpaired) electrons. The molecular weight excluding hydrogens is 458 g/mol. The number of fused-ring (bicyclic) bond motifs is 1. The molecule has 0 saturated carbocycles. The number of likely N-dealkylation sites (tertiary alicyclic amines) is 1. The van der Waals surface area contributed by atoms with Crippen LogP contribution in [-0.4, -0.2) is 44.0 Å². The molecule has 1 saturated heterocycles.